The summed E-state index contributed by atoms with van der Waals surface area (Å²) in [5, 5.41) is 2.94. The van der Waals surface area contributed by atoms with E-state index >= 15 is 0 Å². The number of para-hydroxylation sites is 2. The first-order chi connectivity index (χ1) is 11.8. The number of fused-ring (bicyclic) bond motifs is 3. The van der Waals surface area contributed by atoms with Gasteiger partial charge in [0.15, 0.2) is 5.82 Å². The highest BCUT2D eigenvalue weighted by Gasteiger charge is 2.26. The molecule has 124 valence electrons. The first kappa shape index (κ1) is 15.0. The molecule has 3 aromatic rings. The van der Waals surface area contributed by atoms with Crippen molar-refractivity contribution in [2.75, 3.05) is 24.5 Å². The molecule has 0 spiro atoms. The molecule has 0 aliphatic carbocycles. The van der Waals surface area contributed by atoms with E-state index in [2.05, 4.69) is 45.1 Å². The summed E-state index contributed by atoms with van der Waals surface area (Å²) in [6.07, 6.45) is 3.85. The van der Waals surface area contributed by atoms with Gasteiger partial charge in [0.2, 0.25) is 5.91 Å². The van der Waals surface area contributed by atoms with Crippen LogP contribution in [0.15, 0.2) is 42.6 Å². The van der Waals surface area contributed by atoms with Gasteiger partial charge in [-0.25, -0.2) is 4.98 Å². The monoisotopic (exact) mass is 322 g/mol. The standard InChI is InChI=1S/C19H22N4O/c1-2-20-19(24)14-9-12-22(13-10-14)18-17-8-5-11-23(17)16-7-4-3-6-15(16)21-18/h3-8,11,14H,2,9-10,12-13H2,1H3,(H,20,24). The van der Waals surface area contributed by atoms with Crippen molar-refractivity contribution < 1.29 is 4.79 Å². The third-order valence-electron chi connectivity index (χ3n) is 4.86. The fraction of sp³-hybridized carbons (Fsp3) is 0.368. The van der Waals surface area contributed by atoms with Crippen molar-refractivity contribution in [3.63, 3.8) is 0 Å². The number of nitrogens with one attached hydrogen (secondary N) is 1. The van der Waals surface area contributed by atoms with Crippen LogP contribution in [0.4, 0.5) is 5.82 Å². The van der Waals surface area contributed by atoms with Gasteiger partial charge in [0.05, 0.1) is 16.6 Å². The summed E-state index contributed by atoms with van der Waals surface area (Å²) in [6, 6.07) is 12.4. The number of nitrogens with zero attached hydrogens (tertiary/aromatic N) is 3. The maximum Gasteiger partial charge on any atom is 0.223 e. The number of amides is 1. The number of hydrogen-bond acceptors (Lipinski definition) is 3. The minimum atomic E-state index is 0.129. The van der Waals surface area contributed by atoms with Crippen LogP contribution >= 0.6 is 0 Å². The van der Waals surface area contributed by atoms with E-state index < -0.39 is 0 Å². The Morgan fingerprint density at radius 3 is 2.71 bits per heavy atom. The van der Waals surface area contributed by atoms with Crippen LogP contribution in [0.3, 0.4) is 0 Å². The molecule has 0 radical (unpaired) electrons. The zero-order valence-corrected chi connectivity index (χ0v) is 13.9. The molecule has 3 heterocycles. The molecule has 0 atom stereocenters. The van der Waals surface area contributed by atoms with Crippen molar-refractivity contribution in [3.05, 3.63) is 42.6 Å². The highest BCUT2D eigenvalue weighted by molar-refractivity contribution is 5.85. The molecule has 1 amide bonds. The molecule has 1 fully saturated rings. The van der Waals surface area contributed by atoms with Gasteiger partial charge in [0, 0.05) is 31.7 Å². The number of hydrogen-bond donors (Lipinski definition) is 1. The van der Waals surface area contributed by atoms with Crippen LogP contribution in [0.25, 0.3) is 16.6 Å². The van der Waals surface area contributed by atoms with E-state index in [1.165, 1.54) is 0 Å². The molecule has 1 aromatic carbocycles. The quantitative estimate of drug-likeness (QED) is 0.807. The maximum atomic E-state index is 12.0. The normalized spacial score (nSPS) is 16.0. The lowest BCUT2D eigenvalue weighted by molar-refractivity contribution is -0.125. The average molecular weight is 322 g/mol. The van der Waals surface area contributed by atoms with E-state index in [0.29, 0.717) is 6.54 Å². The SMILES string of the molecule is CCNC(=O)C1CCN(c2nc3ccccc3n3cccc23)CC1. The van der Waals surface area contributed by atoms with Crippen molar-refractivity contribution >= 4 is 28.3 Å². The van der Waals surface area contributed by atoms with E-state index in [4.69, 9.17) is 4.98 Å². The molecular weight excluding hydrogens is 300 g/mol. The van der Waals surface area contributed by atoms with Gasteiger partial charge in [0.25, 0.3) is 0 Å². The van der Waals surface area contributed by atoms with Crippen LogP contribution in [0.5, 0.6) is 0 Å². The second kappa shape index (κ2) is 6.15. The Balaban J connectivity index is 1.65. The number of aromatic nitrogens is 2. The fourth-order valence-electron chi connectivity index (χ4n) is 3.61. The van der Waals surface area contributed by atoms with E-state index in [1.807, 2.05) is 19.1 Å². The van der Waals surface area contributed by atoms with Gasteiger partial charge in [-0.15, -0.1) is 0 Å². The molecule has 1 aliphatic heterocycles. The fourth-order valence-corrected chi connectivity index (χ4v) is 3.61. The molecule has 24 heavy (non-hydrogen) atoms. The van der Waals surface area contributed by atoms with Gasteiger partial charge in [-0.3, -0.25) is 4.79 Å². The highest BCUT2D eigenvalue weighted by atomic mass is 16.1. The van der Waals surface area contributed by atoms with Gasteiger partial charge in [-0.1, -0.05) is 12.1 Å². The topological polar surface area (TPSA) is 49.6 Å². The lowest BCUT2D eigenvalue weighted by atomic mass is 9.96. The summed E-state index contributed by atoms with van der Waals surface area (Å²) in [5.41, 5.74) is 3.26. The minimum Gasteiger partial charge on any atom is -0.356 e. The second-order valence-corrected chi connectivity index (χ2v) is 6.34. The summed E-state index contributed by atoms with van der Waals surface area (Å²) in [5.74, 6) is 1.34. The summed E-state index contributed by atoms with van der Waals surface area (Å²) >= 11 is 0. The number of carbonyl (C=O) groups is 1. The van der Waals surface area contributed by atoms with Crippen molar-refractivity contribution in [2.24, 2.45) is 5.92 Å². The van der Waals surface area contributed by atoms with Crippen LogP contribution in [0.2, 0.25) is 0 Å². The minimum absolute atomic E-state index is 0.129. The largest absolute Gasteiger partial charge is 0.356 e. The van der Waals surface area contributed by atoms with Crippen molar-refractivity contribution in [2.45, 2.75) is 19.8 Å². The lowest BCUT2D eigenvalue weighted by Gasteiger charge is -2.32. The molecule has 0 saturated carbocycles. The molecule has 5 heteroatoms. The molecule has 0 unspecified atom stereocenters. The first-order valence-electron chi connectivity index (χ1n) is 8.66. The predicted molar refractivity (Wildman–Crippen MR) is 96.3 cm³/mol. The summed E-state index contributed by atoms with van der Waals surface area (Å²) in [6.45, 7) is 4.41. The molecule has 1 N–H and O–H groups in total. The van der Waals surface area contributed by atoms with Crippen LogP contribution in [0.1, 0.15) is 19.8 Å². The Hall–Kier alpha value is -2.56. The third kappa shape index (κ3) is 2.50. The second-order valence-electron chi connectivity index (χ2n) is 6.34. The van der Waals surface area contributed by atoms with Crippen molar-refractivity contribution in [3.8, 4) is 0 Å². The number of piperidine rings is 1. The molecule has 5 nitrogen and oxygen atoms in total. The van der Waals surface area contributed by atoms with Crippen LogP contribution < -0.4 is 10.2 Å². The van der Waals surface area contributed by atoms with Crippen LogP contribution in [-0.2, 0) is 4.79 Å². The number of anilines is 1. The molecule has 2 aromatic heterocycles. The van der Waals surface area contributed by atoms with E-state index in [9.17, 15) is 4.79 Å². The van der Waals surface area contributed by atoms with Crippen molar-refractivity contribution in [1.29, 1.82) is 0 Å². The van der Waals surface area contributed by atoms with Gasteiger partial charge in [0.1, 0.15) is 0 Å². The van der Waals surface area contributed by atoms with Crippen molar-refractivity contribution in [1.82, 2.24) is 14.7 Å². The van der Waals surface area contributed by atoms with E-state index in [1.54, 1.807) is 0 Å². The zero-order valence-electron chi connectivity index (χ0n) is 13.9. The van der Waals surface area contributed by atoms with Crippen LogP contribution in [0, 0.1) is 5.92 Å². The summed E-state index contributed by atoms with van der Waals surface area (Å²) in [4.78, 5) is 19.3. The van der Waals surface area contributed by atoms with Gasteiger partial charge in [-0.05, 0) is 44.0 Å². The Morgan fingerprint density at radius 1 is 1.17 bits per heavy atom. The number of benzene rings is 1. The third-order valence-corrected chi connectivity index (χ3v) is 4.86. The maximum absolute atomic E-state index is 12.0. The molecular formula is C19H22N4O. The summed E-state index contributed by atoms with van der Waals surface area (Å²) in [7, 11) is 0. The lowest BCUT2D eigenvalue weighted by Crippen LogP contribution is -2.41. The van der Waals surface area contributed by atoms with Gasteiger partial charge < -0.3 is 14.6 Å². The average Bonchev–Trinajstić information content (AvgIpc) is 3.11. The number of carbonyl (C=O) groups excluding carboxylic acids is 1. The Kier molecular flexibility index (Phi) is 3.84. The number of rotatable bonds is 3. The molecule has 1 saturated heterocycles. The Morgan fingerprint density at radius 2 is 1.92 bits per heavy atom. The predicted octanol–water partition coefficient (Wildman–Crippen LogP) is 2.84. The van der Waals surface area contributed by atoms with E-state index in [-0.39, 0.29) is 11.8 Å². The molecule has 0 bridgehead atoms. The highest BCUT2D eigenvalue weighted by Crippen LogP contribution is 2.28. The molecule has 4 rings (SSSR count). The molecule has 1 aliphatic rings. The zero-order chi connectivity index (χ0) is 16.5. The van der Waals surface area contributed by atoms with Crippen LogP contribution in [-0.4, -0.2) is 34.9 Å². The summed E-state index contributed by atoms with van der Waals surface area (Å²) < 4.78 is 2.20. The van der Waals surface area contributed by atoms with Gasteiger partial charge in [-0.2, -0.15) is 0 Å². The Labute approximate surface area is 141 Å². The first-order valence-corrected chi connectivity index (χ1v) is 8.66. The van der Waals surface area contributed by atoms with E-state index in [0.717, 1.165) is 48.3 Å². The Bertz CT molecular complexity index is 877. The van der Waals surface area contributed by atoms with Gasteiger partial charge >= 0.3 is 0 Å². The smallest absolute Gasteiger partial charge is 0.223 e.